The average molecular weight is 214 g/mol. The standard InChI is InChI=1S/C11H7FN4/c12-10-3-1-2-8(4-10)9-5-14-11(15-6-9)16-7-13/h1-6H,(H,14,15,16). The van der Waals surface area contributed by atoms with E-state index in [-0.39, 0.29) is 11.8 Å². The molecular weight excluding hydrogens is 207 g/mol. The molecule has 0 saturated carbocycles. The summed E-state index contributed by atoms with van der Waals surface area (Å²) in [4.78, 5) is 7.81. The fraction of sp³-hybridized carbons (Fsp3) is 0. The van der Waals surface area contributed by atoms with Crippen molar-refractivity contribution in [3.8, 4) is 17.3 Å². The molecule has 78 valence electrons. The van der Waals surface area contributed by atoms with Crippen molar-refractivity contribution in [1.82, 2.24) is 9.97 Å². The molecule has 0 spiro atoms. The van der Waals surface area contributed by atoms with Gasteiger partial charge in [0, 0.05) is 18.0 Å². The highest BCUT2D eigenvalue weighted by atomic mass is 19.1. The minimum absolute atomic E-state index is 0.225. The maximum atomic E-state index is 13.0. The lowest BCUT2D eigenvalue weighted by Crippen LogP contribution is -1.94. The summed E-state index contributed by atoms with van der Waals surface area (Å²) in [5.41, 5.74) is 1.39. The fourth-order valence-corrected chi connectivity index (χ4v) is 1.26. The normalized spacial score (nSPS) is 9.50. The second kappa shape index (κ2) is 4.36. The number of hydrogen-bond donors (Lipinski definition) is 1. The molecule has 0 bridgehead atoms. The third-order valence-corrected chi connectivity index (χ3v) is 1.98. The predicted octanol–water partition coefficient (Wildman–Crippen LogP) is 2.18. The first-order valence-electron chi connectivity index (χ1n) is 4.52. The van der Waals surface area contributed by atoms with Crippen molar-refractivity contribution in [3.63, 3.8) is 0 Å². The quantitative estimate of drug-likeness (QED) is 0.614. The zero-order valence-electron chi connectivity index (χ0n) is 8.18. The summed E-state index contributed by atoms with van der Waals surface area (Å²) in [7, 11) is 0. The maximum absolute atomic E-state index is 13.0. The molecule has 1 aromatic carbocycles. The van der Waals surface area contributed by atoms with Gasteiger partial charge in [0.1, 0.15) is 5.82 Å². The van der Waals surface area contributed by atoms with Crippen LogP contribution in [-0.4, -0.2) is 9.97 Å². The third-order valence-electron chi connectivity index (χ3n) is 1.98. The highest BCUT2D eigenvalue weighted by molar-refractivity contribution is 5.61. The molecule has 2 rings (SSSR count). The molecule has 2 aromatic rings. The maximum Gasteiger partial charge on any atom is 0.236 e. The fourth-order valence-electron chi connectivity index (χ4n) is 1.26. The number of rotatable bonds is 2. The summed E-state index contributed by atoms with van der Waals surface area (Å²) < 4.78 is 13.0. The number of halogens is 1. The van der Waals surface area contributed by atoms with E-state index in [0.29, 0.717) is 11.1 Å². The molecule has 0 aliphatic heterocycles. The topological polar surface area (TPSA) is 61.6 Å². The average Bonchev–Trinajstić information content (AvgIpc) is 2.30. The number of nitriles is 1. The van der Waals surface area contributed by atoms with Crippen LogP contribution in [0.1, 0.15) is 0 Å². The second-order valence-corrected chi connectivity index (χ2v) is 3.04. The van der Waals surface area contributed by atoms with Gasteiger partial charge in [0.2, 0.25) is 5.95 Å². The Morgan fingerprint density at radius 3 is 2.56 bits per heavy atom. The first-order chi connectivity index (χ1) is 7.79. The van der Waals surface area contributed by atoms with Gasteiger partial charge in [0.15, 0.2) is 6.19 Å². The van der Waals surface area contributed by atoms with Crippen LogP contribution in [0.25, 0.3) is 11.1 Å². The Morgan fingerprint density at radius 2 is 1.94 bits per heavy atom. The Balaban J connectivity index is 2.32. The minimum atomic E-state index is -0.309. The van der Waals surface area contributed by atoms with Crippen molar-refractivity contribution in [3.05, 3.63) is 42.5 Å². The number of nitrogens with zero attached hydrogens (tertiary/aromatic N) is 3. The van der Waals surface area contributed by atoms with Gasteiger partial charge in [-0.3, -0.25) is 5.32 Å². The van der Waals surface area contributed by atoms with Crippen molar-refractivity contribution < 1.29 is 4.39 Å². The summed E-state index contributed by atoms with van der Waals surface area (Å²) >= 11 is 0. The van der Waals surface area contributed by atoms with Gasteiger partial charge < -0.3 is 0 Å². The number of anilines is 1. The number of benzene rings is 1. The molecule has 0 saturated heterocycles. The van der Waals surface area contributed by atoms with Crippen molar-refractivity contribution in [1.29, 1.82) is 5.26 Å². The number of hydrogen-bond acceptors (Lipinski definition) is 4. The van der Waals surface area contributed by atoms with Crippen LogP contribution in [0.5, 0.6) is 0 Å². The van der Waals surface area contributed by atoms with E-state index in [2.05, 4.69) is 15.3 Å². The zero-order valence-corrected chi connectivity index (χ0v) is 8.18. The van der Waals surface area contributed by atoms with Crippen LogP contribution in [-0.2, 0) is 0 Å². The van der Waals surface area contributed by atoms with Gasteiger partial charge in [0.05, 0.1) is 0 Å². The monoisotopic (exact) mass is 214 g/mol. The van der Waals surface area contributed by atoms with Gasteiger partial charge >= 0.3 is 0 Å². The molecule has 16 heavy (non-hydrogen) atoms. The summed E-state index contributed by atoms with van der Waals surface area (Å²) in [5, 5.41) is 10.7. The van der Waals surface area contributed by atoms with Crippen LogP contribution in [0, 0.1) is 17.3 Å². The molecule has 0 aliphatic rings. The molecule has 4 nitrogen and oxygen atoms in total. The smallest absolute Gasteiger partial charge is 0.236 e. The number of aromatic nitrogens is 2. The predicted molar refractivity (Wildman–Crippen MR) is 56.7 cm³/mol. The summed E-state index contributed by atoms with van der Waals surface area (Å²) in [6.45, 7) is 0. The Bertz CT molecular complexity index is 530. The Kier molecular flexibility index (Phi) is 2.74. The van der Waals surface area contributed by atoms with E-state index in [0.717, 1.165) is 0 Å². The van der Waals surface area contributed by atoms with Gasteiger partial charge in [-0.2, -0.15) is 5.26 Å². The van der Waals surface area contributed by atoms with Gasteiger partial charge in [-0.15, -0.1) is 0 Å². The van der Waals surface area contributed by atoms with E-state index in [1.165, 1.54) is 24.5 Å². The van der Waals surface area contributed by atoms with Crippen LogP contribution in [0.15, 0.2) is 36.7 Å². The number of nitrogens with one attached hydrogen (secondary N) is 1. The third kappa shape index (κ3) is 2.12. The molecule has 0 radical (unpaired) electrons. The highest BCUT2D eigenvalue weighted by Gasteiger charge is 2.00. The first-order valence-corrected chi connectivity index (χ1v) is 4.52. The van der Waals surface area contributed by atoms with Gasteiger partial charge in [-0.25, -0.2) is 14.4 Å². The Labute approximate surface area is 91.4 Å². The summed E-state index contributed by atoms with van der Waals surface area (Å²) in [6, 6.07) is 6.15. The lowest BCUT2D eigenvalue weighted by atomic mass is 10.1. The van der Waals surface area contributed by atoms with Crippen LogP contribution in [0.2, 0.25) is 0 Å². The van der Waals surface area contributed by atoms with E-state index in [1.807, 2.05) is 0 Å². The van der Waals surface area contributed by atoms with Crippen molar-refractivity contribution in [2.45, 2.75) is 0 Å². The molecule has 0 amide bonds. The van der Waals surface area contributed by atoms with Crippen molar-refractivity contribution >= 4 is 5.95 Å². The van der Waals surface area contributed by atoms with Gasteiger partial charge in [-0.05, 0) is 17.7 Å². The second-order valence-electron chi connectivity index (χ2n) is 3.04. The SMILES string of the molecule is N#CNc1ncc(-c2cccc(F)c2)cn1. The van der Waals surface area contributed by atoms with Crippen molar-refractivity contribution in [2.24, 2.45) is 0 Å². The van der Waals surface area contributed by atoms with Crippen molar-refractivity contribution in [2.75, 3.05) is 5.32 Å². The molecule has 0 aliphatic carbocycles. The van der Waals surface area contributed by atoms with E-state index in [9.17, 15) is 4.39 Å². The lowest BCUT2D eigenvalue weighted by molar-refractivity contribution is 0.628. The molecule has 0 atom stereocenters. The van der Waals surface area contributed by atoms with Crippen LogP contribution in [0.3, 0.4) is 0 Å². The highest BCUT2D eigenvalue weighted by Crippen LogP contribution is 2.18. The lowest BCUT2D eigenvalue weighted by Gasteiger charge is -2.01. The summed E-state index contributed by atoms with van der Waals surface area (Å²) in [6.07, 6.45) is 4.78. The van der Waals surface area contributed by atoms with Crippen LogP contribution in [0.4, 0.5) is 10.3 Å². The molecule has 0 unspecified atom stereocenters. The molecule has 1 N–H and O–H groups in total. The largest absolute Gasteiger partial charge is 0.261 e. The molecular formula is C11H7FN4. The zero-order chi connectivity index (χ0) is 11.4. The van der Waals surface area contributed by atoms with Crippen LogP contribution >= 0.6 is 0 Å². The molecule has 5 heteroatoms. The van der Waals surface area contributed by atoms with E-state index in [4.69, 9.17) is 5.26 Å². The van der Waals surface area contributed by atoms with Gasteiger partial charge in [0.25, 0.3) is 0 Å². The van der Waals surface area contributed by atoms with E-state index in [1.54, 1.807) is 18.3 Å². The molecule has 1 heterocycles. The summed E-state index contributed by atoms with van der Waals surface area (Å²) in [5.74, 6) is -0.0839. The molecule has 0 fully saturated rings. The minimum Gasteiger partial charge on any atom is -0.261 e. The van der Waals surface area contributed by atoms with E-state index >= 15 is 0 Å². The Hall–Kier alpha value is -2.48. The Morgan fingerprint density at radius 1 is 1.19 bits per heavy atom. The van der Waals surface area contributed by atoms with E-state index < -0.39 is 0 Å². The van der Waals surface area contributed by atoms with Gasteiger partial charge in [-0.1, -0.05) is 12.1 Å². The van der Waals surface area contributed by atoms with Crippen LogP contribution < -0.4 is 5.32 Å². The molecule has 1 aromatic heterocycles. The first kappa shape index (κ1) is 10.1.